The van der Waals surface area contributed by atoms with Crippen molar-refractivity contribution in [1.82, 2.24) is 10.0 Å². The third kappa shape index (κ3) is 1.79. The number of hydroxylamine groups is 2. The zero-order chi connectivity index (χ0) is 10.2. The second-order valence-electron chi connectivity index (χ2n) is 4.59. The van der Waals surface area contributed by atoms with Gasteiger partial charge in [0.15, 0.2) is 0 Å². The quantitative estimate of drug-likeness (QED) is 0.629. The van der Waals surface area contributed by atoms with E-state index in [4.69, 9.17) is 4.84 Å². The van der Waals surface area contributed by atoms with E-state index >= 15 is 0 Å². The lowest BCUT2D eigenvalue weighted by atomic mass is 10.1. The van der Waals surface area contributed by atoms with Gasteiger partial charge in [0.1, 0.15) is 6.61 Å². The molecule has 0 amide bonds. The minimum absolute atomic E-state index is 0.0491. The molecular formula is C11H16N2O. The maximum atomic E-state index is 5.64. The van der Waals surface area contributed by atoms with Gasteiger partial charge in [-0.25, -0.2) is 0 Å². The summed E-state index contributed by atoms with van der Waals surface area (Å²) >= 11 is 0. The Labute approximate surface area is 84.7 Å². The summed E-state index contributed by atoms with van der Waals surface area (Å²) in [6.45, 7) is 7.86. The minimum atomic E-state index is 0.0491. The van der Waals surface area contributed by atoms with Crippen LogP contribution in [0.1, 0.15) is 32.0 Å². The van der Waals surface area contributed by atoms with Crippen LogP contribution in [0.4, 0.5) is 0 Å². The molecule has 14 heavy (non-hydrogen) atoms. The fraction of sp³-hybridized carbons (Fsp3) is 0.545. The smallest absolute Gasteiger partial charge is 0.111 e. The molecule has 0 aliphatic carbocycles. The molecule has 2 rings (SSSR count). The fourth-order valence-corrected chi connectivity index (χ4v) is 1.52. The third-order valence-electron chi connectivity index (χ3n) is 2.40. The van der Waals surface area contributed by atoms with E-state index in [0.717, 1.165) is 12.2 Å². The molecule has 2 heterocycles. The normalized spacial score (nSPS) is 17.9. The van der Waals surface area contributed by atoms with Crippen molar-refractivity contribution in [3.8, 4) is 0 Å². The van der Waals surface area contributed by atoms with Crippen LogP contribution in [-0.2, 0) is 18.0 Å². The predicted octanol–water partition coefficient (Wildman–Crippen LogP) is 2.13. The monoisotopic (exact) mass is 192 g/mol. The van der Waals surface area contributed by atoms with E-state index in [0.29, 0.717) is 6.61 Å². The number of fused-ring (bicyclic) bond motifs is 1. The van der Waals surface area contributed by atoms with Crippen LogP contribution < -0.4 is 0 Å². The Morgan fingerprint density at radius 3 is 2.93 bits per heavy atom. The molecule has 0 N–H and O–H groups in total. The number of rotatable bonds is 0. The fourth-order valence-electron chi connectivity index (χ4n) is 1.52. The maximum absolute atomic E-state index is 5.64. The second-order valence-corrected chi connectivity index (χ2v) is 4.59. The SMILES string of the molecule is CC(C)(C)N1Cc2cccnc2CO1. The van der Waals surface area contributed by atoms with Crippen LogP contribution in [0.15, 0.2) is 18.3 Å². The Kier molecular flexibility index (Phi) is 2.29. The van der Waals surface area contributed by atoms with Crippen LogP contribution in [0.25, 0.3) is 0 Å². The first-order valence-corrected chi connectivity index (χ1v) is 4.91. The van der Waals surface area contributed by atoms with Gasteiger partial charge in [0.2, 0.25) is 0 Å². The van der Waals surface area contributed by atoms with E-state index in [1.807, 2.05) is 17.3 Å². The zero-order valence-electron chi connectivity index (χ0n) is 8.95. The Bertz CT molecular complexity index is 330. The predicted molar refractivity (Wildman–Crippen MR) is 54.3 cm³/mol. The van der Waals surface area contributed by atoms with E-state index in [9.17, 15) is 0 Å². The van der Waals surface area contributed by atoms with Gasteiger partial charge in [-0.15, -0.1) is 0 Å². The Hall–Kier alpha value is -0.930. The van der Waals surface area contributed by atoms with E-state index in [1.165, 1.54) is 5.56 Å². The molecule has 0 spiro atoms. The highest BCUT2D eigenvalue weighted by molar-refractivity contribution is 5.20. The van der Waals surface area contributed by atoms with E-state index in [1.54, 1.807) is 0 Å². The summed E-state index contributed by atoms with van der Waals surface area (Å²) in [5.41, 5.74) is 2.38. The summed E-state index contributed by atoms with van der Waals surface area (Å²) in [5.74, 6) is 0. The highest BCUT2D eigenvalue weighted by Gasteiger charge is 2.27. The molecule has 1 aliphatic heterocycles. The number of aromatic nitrogens is 1. The van der Waals surface area contributed by atoms with Crippen LogP contribution in [0.3, 0.4) is 0 Å². The molecular weight excluding hydrogens is 176 g/mol. The molecule has 0 aromatic carbocycles. The van der Waals surface area contributed by atoms with Gasteiger partial charge in [-0.2, -0.15) is 5.06 Å². The molecule has 0 radical (unpaired) electrons. The van der Waals surface area contributed by atoms with Crippen molar-refractivity contribution in [2.75, 3.05) is 0 Å². The molecule has 1 aromatic rings. The van der Waals surface area contributed by atoms with Crippen LogP contribution in [-0.4, -0.2) is 15.6 Å². The van der Waals surface area contributed by atoms with Crippen LogP contribution in [0.2, 0.25) is 0 Å². The van der Waals surface area contributed by atoms with Crippen molar-refractivity contribution in [3.05, 3.63) is 29.6 Å². The standard InChI is InChI=1S/C11H16N2O/c1-11(2,3)13-7-9-5-4-6-12-10(9)8-14-13/h4-6H,7-8H2,1-3H3. The van der Waals surface area contributed by atoms with Gasteiger partial charge >= 0.3 is 0 Å². The molecule has 3 heteroatoms. The summed E-state index contributed by atoms with van der Waals surface area (Å²) in [6, 6.07) is 4.09. The Morgan fingerprint density at radius 2 is 2.21 bits per heavy atom. The van der Waals surface area contributed by atoms with Gasteiger partial charge in [-0.05, 0) is 32.4 Å². The van der Waals surface area contributed by atoms with Crippen molar-refractivity contribution in [2.24, 2.45) is 0 Å². The van der Waals surface area contributed by atoms with Gasteiger partial charge in [-0.3, -0.25) is 9.82 Å². The summed E-state index contributed by atoms with van der Waals surface area (Å²) in [6.07, 6.45) is 1.81. The molecule has 0 atom stereocenters. The summed E-state index contributed by atoms with van der Waals surface area (Å²) in [4.78, 5) is 9.92. The lowest BCUT2D eigenvalue weighted by Crippen LogP contribution is -2.43. The van der Waals surface area contributed by atoms with Crippen LogP contribution in [0.5, 0.6) is 0 Å². The van der Waals surface area contributed by atoms with Gasteiger partial charge in [0, 0.05) is 11.7 Å². The molecule has 1 aliphatic rings. The number of pyridine rings is 1. The molecule has 76 valence electrons. The highest BCUT2D eigenvalue weighted by atomic mass is 16.7. The summed E-state index contributed by atoms with van der Waals surface area (Å²) in [7, 11) is 0. The van der Waals surface area contributed by atoms with Gasteiger partial charge in [-0.1, -0.05) is 6.07 Å². The topological polar surface area (TPSA) is 25.4 Å². The van der Waals surface area contributed by atoms with Crippen molar-refractivity contribution in [3.63, 3.8) is 0 Å². The zero-order valence-corrected chi connectivity index (χ0v) is 8.95. The van der Waals surface area contributed by atoms with E-state index in [-0.39, 0.29) is 5.54 Å². The molecule has 0 fully saturated rings. The summed E-state index contributed by atoms with van der Waals surface area (Å²) in [5, 5.41) is 2.01. The second kappa shape index (κ2) is 3.33. The molecule has 0 bridgehead atoms. The average molecular weight is 192 g/mol. The first-order chi connectivity index (χ1) is 6.57. The van der Waals surface area contributed by atoms with Gasteiger partial charge in [0.05, 0.1) is 12.2 Å². The maximum Gasteiger partial charge on any atom is 0.111 e. The lowest BCUT2D eigenvalue weighted by Gasteiger charge is -2.37. The average Bonchev–Trinajstić information content (AvgIpc) is 2.16. The molecule has 0 unspecified atom stereocenters. The molecule has 0 saturated heterocycles. The van der Waals surface area contributed by atoms with E-state index in [2.05, 4.69) is 31.8 Å². The number of hydrogen-bond donors (Lipinski definition) is 0. The number of nitrogens with zero attached hydrogens (tertiary/aromatic N) is 2. The lowest BCUT2D eigenvalue weighted by molar-refractivity contribution is -0.235. The molecule has 0 saturated carbocycles. The summed E-state index contributed by atoms with van der Waals surface area (Å²) < 4.78 is 0. The van der Waals surface area contributed by atoms with Gasteiger partial charge < -0.3 is 0 Å². The van der Waals surface area contributed by atoms with Crippen molar-refractivity contribution >= 4 is 0 Å². The van der Waals surface area contributed by atoms with Crippen LogP contribution in [0, 0.1) is 0 Å². The Morgan fingerprint density at radius 1 is 1.43 bits per heavy atom. The molecule has 3 nitrogen and oxygen atoms in total. The Balaban J connectivity index is 2.22. The number of hydrogen-bond acceptors (Lipinski definition) is 3. The molecule has 1 aromatic heterocycles. The van der Waals surface area contributed by atoms with Gasteiger partial charge in [0.25, 0.3) is 0 Å². The van der Waals surface area contributed by atoms with Crippen molar-refractivity contribution in [2.45, 2.75) is 39.5 Å². The first-order valence-electron chi connectivity index (χ1n) is 4.91. The largest absolute Gasteiger partial charge is 0.292 e. The first kappa shape index (κ1) is 9.62. The van der Waals surface area contributed by atoms with Crippen molar-refractivity contribution in [1.29, 1.82) is 0 Å². The van der Waals surface area contributed by atoms with Crippen LogP contribution >= 0.6 is 0 Å². The minimum Gasteiger partial charge on any atom is -0.292 e. The van der Waals surface area contributed by atoms with E-state index < -0.39 is 0 Å². The van der Waals surface area contributed by atoms with Crippen molar-refractivity contribution < 1.29 is 4.84 Å². The highest BCUT2D eigenvalue weighted by Crippen LogP contribution is 2.24. The third-order valence-corrected chi connectivity index (χ3v) is 2.40.